The normalized spacial score (nSPS) is 53.4. The number of ether oxygens (including phenoxy) is 4. The van der Waals surface area contributed by atoms with Gasteiger partial charge in [-0.15, -0.1) is 0 Å². The van der Waals surface area contributed by atoms with Gasteiger partial charge in [0, 0.05) is 0 Å². The second-order valence-corrected chi connectivity index (χ2v) is 20.3. The number of hydrogen-bond donors (Lipinski definition) is 9. The zero-order chi connectivity index (χ0) is 40.8. The first-order valence-corrected chi connectivity index (χ1v) is 20.8. The summed E-state index contributed by atoms with van der Waals surface area (Å²) >= 11 is 0. The van der Waals surface area contributed by atoms with Gasteiger partial charge in [0.2, 0.25) is 0 Å². The molecule has 6 fully saturated rings. The third kappa shape index (κ3) is 7.10. The van der Waals surface area contributed by atoms with E-state index in [0.29, 0.717) is 32.1 Å². The van der Waals surface area contributed by atoms with Crippen LogP contribution >= 0.6 is 0 Å². The van der Waals surface area contributed by atoms with Crippen LogP contribution in [0.3, 0.4) is 0 Å². The SMILES string of the molecule is CC(C)=CCC[C@@](C)(O)[C@@H]1CC[C@@]2(C)[C@H]1[C@@H](O)C[C@H]1[C@@]3(C)CC[C@@H](O)C(C)(C)[C@H]3[C@H](O[C@@H]3O[C@H](CO)[C@@H](O)[C@H](O)[C@H]3O[C@@H]3O[C@@H](C)[C@H](O)[C@@H](O)[C@H]3O)C[C@]12C. The first-order valence-electron chi connectivity index (χ1n) is 20.8. The molecule has 2 aliphatic heterocycles. The van der Waals surface area contributed by atoms with E-state index in [-0.39, 0.29) is 23.7 Å². The number of rotatable bonds is 9. The van der Waals surface area contributed by atoms with Gasteiger partial charge in [0.1, 0.15) is 42.7 Å². The van der Waals surface area contributed by atoms with Crippen LogP contribution in [0.5, 0.6) is 0 Å². The van der Waals surface area contributed by atoms with E-state index in [1.165, 1.54) is 12.5 Å². The summed E-state index contributed by atoms with van der Waals surface area (Å²) in [6.07, 6.45) is -8.99. The number of allylic oxidation sites excluding steroid dienone is 2. The van der Waals surface area contributed by atoms with Crippen molar-refractivity contribution in [1.82, 2.24) is 0 Å². The van der Waals surface area contributed by atoms with Crippen LogP contribution in [0.15, 0.2) is 11.6 Å². The smallest absolute Gasteiger partial charge is 0.187 e. The molecule has 0 amide bonds. The first kappa shape index (κ1) is 43.8. The third-order valence-electron chi connectivity index (χ3n) is 16.5. The standard InChI is InChI=1S/C42H72O13/c1-20(2)11-10-14-42(9,51)22-12-16-40(7)28(22)23(44)17-26-39(6)15-13-27(45)38(4,5)35(39)24(18-41(26,40)8)53-37-34(32(49)30(47)25(19-43)54-37)55-36-33(50)31(48)29(46)21(3)52-36/h11,21-37,43-51H,10,12-19H2,1-9H3/t21-,22+,23-,24+,25+,26-,27+,28+,29-,30+,31+,32-,33+,34+,35+,36-,37+,39+,40-,41+,42+/m0/s1. The zero-order valence-corrected chi connectivity index (χ0v) is 34.4. The average molecular weight is 785 g/mol. The van der Waals surface area contributed by atoms with Gasteiger partial charge < -0.3 is 64.9 Å². The summed E-state index contributed by atoms with van der Waals surface area (Å²) in [5, 5.41) is 100. The van der Waals surface area contributed by atoms with Gasteiger partial charge in [0.25, 0.3) is 0 Å². The zero-order valence-electron chi connectivity index (χ0n) is 34.4. The maximum absolute atomic E-state index is 12.3. The van der Waals surface area contributed by atoms with Gasteiger partial charge >= 0.3 is 0 Å². The second-order valence-electron chi connectivity index (χ2n) is 20.3. The lowest BCUT2D eigenvalue weighted by molar-refractivity contribution is -0.382. The van der Waals surface area contributed by atoms with E-state index in [2.05, 4.69) is 40.7 Å². The van der Waals surface area contributed by atoms with Crippen molar-refractivity contribution in [1.29, 1.82) is 0 Å². The van der Waals surface area contributed by atoms with Crippen LogP contribution in [-0.4, -0.2) is 138 Å². The Kier molecular flexibility index (Phi) is 12.2. The Hall–Kier alpha value is -0.780. The van der Waals surface area contributed by atoms with Crippen molar-refractivity contribution in [3.8, 4) is 0 Å². The minimum atomic E-state index is -1.70. The minimum absolute atomic E-state index is 0.0411. The van der Waals surface area contributed by atoms with Crippen molar-refractivity contribution in [2.24, 2.45) is 45.3 Å². The van der Waals surface area contributed by atoms with Crippen LogP contribution in [-0.2, 0) is 18.9 Å². The lowest BCUT2D eigenvalue weighted by Crippen LogP contribution is -2.71. The molecule has 4 aliphatic carbocycles. The fourth-order valence-electron chi connectivity index (χ4n) is 13.3. The van der Waals surface area contributed by atoms with Crippen LogP contribution in [0.4, 0.5) is 0 Å². The molecule has 2 heterocycles. The molecule has 6 aliphatic rings. The highest BCUT2D eigenvalue weighted by Gasteiger charge is 2.73. The summed E-state index contributed by atoms with van der Waals surface area (Å²) < 4.78 is 25.1. The number of aliphatic hydroxyl groups is 9. The summed E-state index contributed by atoms with van der Waals surface area (Å²) in [7, 11) is 0. The van der Waals surface area contributed by atoms with Gasteiger partial charge in [0.15, 0.2) is 12.6 Å². The third-order valence-corrected chi connectivity index (χ3v) is 16.5. The molecule has 21 atom stereocenters. The molecule has 0 unspecified atom stereocenters. The van der Waals surface area contributed by atoms with Crippen LogP contribution < -0.4 is 0 Å². The van der Waals surface area contributed by atoms with Crippen LogP contribution in [0.2, 0.25) is 0 Å². The molecule has 4 saturated carbocycles. The Labute approximate surface area is 327 Å². The van der Waals surface area contributed by atoms with Crippen molar-refractivity contribution in [3.63, 3.8) is 0 Å². The van der Waals surface area contributed by atoms with Gasteiger partial charge in [-0.2, -0.15) is 0 Å². The monoisotopic (exact) mass is 784 g/mol. The molecule has 0 aromatic carbocycles. The Balaban J connectivity index is 1.38. The fraction of sp³-hybridized carbons (Fsp3) is 0.952. The Morgan fingerprint density at radius 2 is 1.49 bits per heavy atom. The van der Waals surface area contributed by atoms with Gasteiger partial charge in [-0.25, -0.2) is 0 Å². The molecule has 13 nitrogen and oxygen atoms in total. The van der Waals surface area contributed by atoms with Crippen LogP contribution in [0.1, 0.15) is 114 Å². The van der Waals surface area contributed by atoms with Crippen molar-refractivity contribution in [2.75, 3.05) is 6.61 Å². The Bertz CT molecular complexity index is 1390. The summed E-state index contributed by atoms with van der Waals surface area (Å²) in [5.74, 6) is -0.526. The maximum Gasteiger partial charge on any atom is 0.187 e. The van der Waals surface area contributed by atoms with E-state index in [1.807, 2.05) is 20.8 Å². The Morgan fingerprint density at radius 3 is 2.13 bits per heavy atom. The second kappa shape index (κ2) is 15.4. The van der Waals surface area contributed by atoms with E-state index in [9.17, 15) is 46.0 Å². The van der Waals surface area contributed by atoms with Crippen molar-refractivity contribution in [3.05, 3.63) is 11.6 Å². The van der Waals surface area contributed by atoms with Crippen molar-refractivity contribution in [2.45, 2.75) is 199 Å². The molecule has 0 bridgehead atoms. The van der Waals surface area contributed by atoms with Gasteiger partial charge in [0.05, 0.1) is 36.6 Å². The first-order chi connectivity index (χ1) is 25.5. The van der Waals surface area contributed by atoms with E-state index in [1.54, 1.807) is 0 Å². The topological polar surface area (TPSA) is 219 Å². The predicted molar refractivity (Wildman–Crippen MR) is 201 cm³/mol. The highest BCUT2D eigenvalue weighted by Crippen LogP contribution is 2.76. The van der Waals surface area contributed by atoms with E-state index in [0.717, 1.165) is 19.3 Å². The minimum Gasteiger partial charge on any atom is -0.394 e. The number of hydrogen-bond acceptors (Lipinski definition) is 13. The molecular weight excluding hydrogens is 712 g/mol. The van der Waals surface area contributed by atoms with Gasteiger partial charge in [-0.3, -0.25) is 0 Å². The molecule has 9 N–H and O–H groups in total. The van der Waals surface area contributed by atoms with Gasteiger partial charge in [-0.1, -0.05) is 46.3 Å². The largest absolute Gasteiger partial charge is 0.394 e. The molecule has 6 rings (SSSR count). The number of aliphatic hydroxyl groups excluding tert-OH is 8. The molecule has 55 heavy (non-hydrogen) atoms. The van der Waals surface area contributed by atoms with E-state index in [4.69, 9.17) is 18.9 Å². The molecule has 2 saturated heterocycles. The Morgan fingerprint density at radius 1 is 0.818 bits per heavy atom. The predicted octanol–water partition coefficient (Wildman–Crippen LogP) is 2.15. The summed E-state index contributed by atoms with van der Waals surface area (Å²) in [4.78, 5) is 0. The summed E-state index contributed by atoms with van der Waals surface area (Å²) in [6.45, 7) is 17.8. The average Bonchev–Trinajstić information content (AvgIpc) is 3.49. The number of fused-ring (bicyclic) bond motifs is 5. The van der Waals surface area contributed by atoms with Gasteiger partial charge in [-0.05, 0) is 124 Å². The summed E-state index contributed by atoms with van der Waals surface area (Å²) in [6, 6.07) is 0. The summed E-state index contributed by atoms with van der Waals surface area (Å²) in [5.41, 5.74) is -1.71. The molecule has 0 aromatic heterocycles. The molecule has 318 valence electrons. The lowest BCUT2D eigenvalue weighted by Gasteiger charge is -2.72. The maximum atomic E-state index is 12.3. The molecule has 0 radical (unpaired) electrons. The van der Waals surface area contributed by atoms with Crippen molar-refractivity contribution >= 4 is 0 Å². The van der Waals surface area contributed by atoms with Crippen LogP contribution in [0.25, 0.3) is 0 Å². The molecule has 13 heteroatoms. The lowest BCUT2D eigenvalue weighted by atomic mass is 9.34. The van der Waals surface area contributed by atoms with E-state index < -0.39 is 114 Å². The quantitative estimate of drug-likeness (QED) is 0.121. The van der Waals surface area contributed by atoms with Crippen molar-refractivity contribution < 1.29 is 64.9 Å². The molecule has 0 aromatic rings. The van der Waals surface area contributed by atoms with E-state index >= 15 is 0 Å². The molecule has 0 spiro atoms. The highest BCUT2D eigenvalue weighted by molar-refractivity contribution is 5.22. The highest BCUT2D eigenvalue weighted by atomic mass is 16.8. The molecular formula is C42H72O13. The van der Waals surface area contributed by atoms with Crippen LogP contribution in [0, 0.1) is 45.3 Å². The fourth-order valence-corrected chi connectivity index (χ4v) is 13.3.